The van der Waals surface area contributed by atoms with Crippen LogP contribution in [0.4, 0.5) is 4.39 Å². The summed E-state index contributed by atoms with van der Waals surface area (Å²) in [6.45, 7) is 2.27. The maximum Gasteiger partial charge on any atom is 0.251 e. The van der Waals surface area contributed by atoms with Gasteiger partial charge in [0.2, 0.25) is 0 Å². The van der Waals surface area contributed by atoms with E-state index in [0.29, 0.717) is 23.6 Å². The highest BCUT2D eigenvalue weighted by atomic mass is 35.5. The summed E-state index contributed by atoms with van der Waals surface area (Å²) in [7, 11) is 0. The van der Waals surface area contributed by atoms with Crippen molar-refractivity contribution in [1.82, 2.24) is 5.32 Å². The highest BCUT2D eigenvalue weighted by Crippen LogP contribution is 2.24. The summed E-state index contributed by atoms with van der Waals surface area (Å²) in [4.78, 5) is 12.1. The third-order valence-electron chi connectivity index (χ3n) is 3.96. The molecule has 0 aliphatic heterocycles. The van der Waals surface area contributed by atoms with Gasteiger partial charge in [0, 0.05) is 11.6 Å². The first kappa shape index (κ1) is 16.9. The molecule has 0 saturated heterocycles. The lowest BCUT2D eigenvalue weighted by Gasteiger charge is -2.31. The lowest BCUT2D eigenvalue weighted by molar-refractivity contribution is 0.0907. The number of rotatable bonds is 3. The molecule has 0 radical (unpaired) electrons. The van der Waals surface area contributed by atoms with Crippen LogP contribution in [0.2, 0.25) is 0 Å². The van der Waals surface area contributed by atoms with Crippen molar-refractivity contribution in [2.24, 2.45) is 11.7 Å². The molecule has 20 heavy (non-hydrogen) atoms. The molecule has 2 unspecified atom stereocenters. The molecule has 1 amide bonds. The van der Waals surface area contributed by atoms with E-state index >= 15 is 0 Å². The van der Waals surface area contributed by atoms with Gasteiger partial charge >= 0.3 is 0 Å². The Hall–Kier alpha value is -1.13. The van der Waals surface area contributed by atoms with E-state index in [0.717, 1.165) is 19.3 Å². The number of aryl methyl sites for hydroxylation is 1. The van der Waals surface area contributed by atoms with Crippen LogP contribution < -0.4 is 11.1 Å². The van der Waals surface area contributed by atoms with Gasteiger partial charge < -0.3 is 11.1 Å². The second-order valence-corrected chi connectivity index (χ2v) is 5.32. The van der Waals surface area contributed by atoms with E-state index in [9.17, 15) is 9.18 Å². The van der Waals surface area contributed by atoms with Gasteiger partial charge in [-0.1, -0.05) is 18.9 Å². The zero-order chi connectivity index (χ0) is 13.8. The minimum absolute atomic E-state index is 0. The Kier molecular flexibility index (Phi) is 6.43. The second-order valence-electron chi connectivity index (χ2n) is 5.32. The van der Waals surface area contributed by atoms with Crippen molar-refractivity contribution in [2.75, 3.05) is 6.54 Å². The topological polar surface area (TPSA) is 55.1 Å². The summed E-state index contributed by atoms with van der Waals surface area (Å²) in [5.41, 5.74) is 6.67. The van der Waals surface area contributed by atoms with Crippen LogP contribution in [0.5, 0.6) is 0 Å². The number of hydrogen-bond donors (Lipinski definition) is 2. The summed E-state index contributed by atoms with van der Waals surface area (Å²) in [6.07, 6.45) is 4.31. The molecule has 3 N–H and O–H groups in total. The molecular weight excluding hydrogens is 279 g/mol. The number of benzene rings is 1. The molecule has 0 spiro atoms. The van der Waals surface area contributed by atoms with Crippen molar-refractivity contribution in [1.29, 1.82) is 0 Å². The monoisotopic (exact) mass is 300 g/mol. The van der Waals surface area contributed by atoms with Gasteiger partial charge in [-0.3, -0.25) is 4.79 Å². The van der Waals surface area contributed by atoms with Crippen molar-refractivity contribution >= 4 is 18.3 Å². The molecule has 5 heteroatoms. The van der Waals surface area contributed by atoms with E-state index in [2.05, 4.69) is 5.32 Å². The molecule has 1 fully saturated rings. The Morgan fingerprint density at radius 2 is 2.10 bits per heavy atom. The summed E-state index contributed by atoms with van der Waals surface area (Å²) < 4.78 is 13.5. The van der Waals surface area contributed by atoms with E-state index in [1.165, 1.54) is 12.5 Å². The predicted molar refractivity (Wildman–Crippen MR) is 80.7 cm³/mol. The number of carbonyl (C=O) groups is 1. The van der Waals surface area contributed by atoms with E-state index < -0.39 is 0 Å². The second kappa shape index (κ2) is 7.60. The van der Waals surface area contributed by atoms with E-state index in [1.807, 2.05) is 0 Å². The first-order valence-corrected chi connectivity index (χ1v) is 6.89. The zero-order valence-corrected chi connectivity index (χ0v) is 12.5. The van der Waals surface area contributed by atoms with Crippen LogP contribution in [0.25, 0.3) is 0 Å². The molecule has 3 nitrogen and oxygen atoms in total. The highest BCUT2D eigenvalue weighted by Gasteiger charge is 2.25. The SMILES string of the molecule is Cc1ccc(C(=O)NC2CCCCC2CN)cc1F.Cl. The lowest BCUT2D eigenvalue weighted by Crippen LogP contribution is -2.44. The number of nitrogens with one attached hydrogen (secondary N) is 1. The molecule has 0 bridgehead atoms. The Bertz CT molecular complexity index is 467. The smallest absolute Gasteiger partial charge is 0.251 e. The first-order chi connectivity index (χ1) is 9.11. The third-order valence-corrected chi connectivity index (χ3v) is 3.96. The maximum atomic E-state index is 13.5. The quantitative estimate of drug-likeness (QED) is 0.902. The Morgan fingerprint density at radius 1 is 1.40 bits per heavy atom. The Morgan fingerprint density at radius 3 is 2.75 bits per heavy atom. The summed E-state index contributed by atoms with van der Waals surface area (Å²) >= 11 is 0. The Balaban J connectivity index is 0.00000200. The number of amides is 1. The average Bonchev–Trinajstić information content (AvgIpc) is 2.42. The Labute approximate surface area is 125 Å². The number of halogens is 2. The van der Waals surface area contributed by atoms with Crippen LogP contribution >= 0.6 is 12.4 Å². The van der Waals surface area contributed by atoms with Crippen LogP contribution in [-0.4, -0.2) is 18.5 Å². The molecule has 1 aromatic rings. The first-order valence-electron chi connectivity index (χ1n) is 6.89. The molecule has 112 valence electrons. The minimum atomic E-state index is -0.341. The van der Waals surface area contributed by atoms with Crippen molar-refractivity contribution in [3.8, 4) is 0 Å². The van der Waals surface area contributed by atoms with Gasteiger partial charge in [0.25, 0.3) is 5.91 Å². The molecule has 1 saturated carbocycles. The molecule has 1 aromatic carbocycles. The van der Waals surface area contributed by atoms with Gasteiger partial charge in [-0.25, -0.2) is 4.39 Å². The largest absolute Gasteiger partial charge is 0.349 e. The number of carbonyl (C=O) groups excluding carboxylic acids is 1. The molecule has 0 heterocycles. The summed E-state index contributed by atoms with van der Waals surface area (Å²) in [5.74, 6) is -0.205. The normalized spacial score (nSPS) is 21.9. The summed E-state index contributed by atoms with van der Waals surface area (Å²) in [5, 5.41) is 3.00. The molecule has 1 aliphatic rings. The fourth-order valence-corrected chi connectivity index (χ4v) is 2.67. The lowest BCUT2D eigenvalue weighted by atomic mass is 9.84. The molecule has 2 rings (SSSR count). The van der Waals surface area contributed by atoms with E-state index in [4.69, 9.17) is 5.73 Å². The van der Waals surface area contributed by atoms with Crippen molar-refractivity contribution in [3.63, 3.8) is 0 Å². The van der Waals surface area contributed by atoms with Crippen molar-refractivity contribution in [2.45, 2.75) is 38.6 Å². The average molecular weight is 301 g/mol. The van der Waals surface area contributed by atoms with Gasteiger partial charge in [0.15, 0.2) is 0 Å². The van der Waals surface area contributed by atoms with E-state index in [-0.39, 0.29) is 30.2 Å². The zero-order valence-electron chi connectivity index (χ0n) is 11.7. The fourth-order valence-electron chi connectivity index (χ4n) is 2.67. The van der Waals surface area contributed by atoms with Crippen molar-refractivity contribution < 1.29 is 9.18 Å². The van der Waals surface area contributed by atoms with Crippen molar-refractivity contribution in [3.05, 3.63) is 35.1 Å². The van der Waals surface area contributed by atoms with Gasteiger partial charge in [-0.2, -0.15) is 0 Å². The van der Waals surface area contributed by atoms with Crippen LogP contribution in [0.3, 0.4) is 0 Å². The minimum Gasteiger partial charge on any atom is -0.349 e. The predicted octanol–water partition coefficient (Wildman–Crippen LogP) is 2.80. The van der Waals surface area contributed by atoms with Crippen LogP contribution in [0.1, 0.15) is 41.6 Å². The number of nitrogens with two attached hydrogens (primary N) is 1. The third kappa shape index (κ3) is 3.93. The van der Waals surface area contributed by atoms with Gasteiger partial charge in [0.05, 0.1) is 0 Å². The van der Waals surface area contributed by atoms with Gasteiger partial charge in [-0.05, 0) is 49.9 Å². The molecule has 2 atom stereocenters. The molecule has 1 aliphatic carbocycles. The summed E-state index contributed by atoms with van der Waals surface area (Å²) in [6, 6.07) is 4.71. The maximum absolute atomic E-state index is 13.5. The molecule has 0 aromatic heterocycles. The van der Waals surface area contributed by atoms with Crippen LogP contribution in [-0.2, 0) is 0 Å². The van der Waals surface area contributed by atoms with E-state index in [1.54, 1.807) is 19.1 Å². The highest BCUT2D eigenvalue weighted by molar-refractivity contribution is 5.94. The fraction of sp³-hybridized carbons (Fsp3) is 0.533. The molecular formula is C15H22ClFN2O. The van der Waals surface area contributed by atoms with Gasteiger partial charge in [0.1, 0.15) is 5.82 Å². The van der Waals surface area contributed by atoms with Crippen LogP contribution in [0, 0.1) is 18.7 Å². The standard InChI is InChI=1S/C15H21FN2O.ClH/c1-10-6-7-11(8-13(10)16)15(19)18-14-5-3-2-4-12(14)9-17;/h6-8,12,14H,2-5,9,17H2,1H3,(H,18,19);1H. The van der Waals surface area contributed by atoms with Crippen LogP contribution in [0.15, 0.2) is 18.2 Å². The number of hydrogen-bond acceptors (Lipinski definition) is 2. The van der Waals surface area contributed by atoms with Gasteiger partial charge in [-0.15, -0.1) is 12.4 Å².